The van der Waals surface area contributed by atoms with E-state index in [2.05, 4.69) is 21.0 Å². The lowest BCUT2D eigenvalue weighted by molar-refractivity contribution is 0.590. The molecule has 1 atom stereocenters. The maximum Gasteiger partial charge on any atom is 0.0260 e. The van der Waals surface area contributed by atoms with Crippen molar-refractivity contribution < 1.29 is 0 Å². The minimum absolute atomic E-state index is 0.849. The van der Waals surface area contributed by atoms with Gasteiger partial charge in [0.25, 0.3) is 0 Å². The largest absolute Gasteiger partial charge is 0.314 e. The smallest absolute Gasteiger partial charge is 0.0260 e. The third-order valence-corrected chi connectivity index (χ3v) is 2.65. The number of nitrogens with one attached hydrogen (secondary N) is 4. The summed E-state index contributed by atoms with van der Waals surface area (Å²) in [5.41, 5.74) is 0. The van der Waals surface area contributed by atoms with Gasteiger partial charge in [0.2, 0.25) is 0 Å². The molecule has 0 aromatic carbocycles. The molecule has 4 N–H and O–H groups in total. The summed E-state index contributed by atoms with van der Waals surface area (Å²) in [6.07, 6.45) is 1.10. The number of hydrogen-bond donors (Lipinski definition) is 4. The molecule has 0 aromatic heterocycles. The van der Waals surface area contributed by atoms with Crippen LogP contribution in [0.25, 0.3) is 0 Å². The van der Waals surface area contributed by atoms with Crippen LogP contribution in [-0.4, -0.2) is 45.6 Å². The van der Waals surface area contributed by atoms with Gasteiger partial charge in [-0.1, -0.05) is 0 Å². The first-order chi connectivity index (χ1) is 6.00. The lowest BCUT2D eigenvalue weighted by atomic mass is 10.5. The topological polar surface area (TPSA) is 48.1 Å². The summed E-state index contributed by atoms with van der Waals surface area (Å²) in [5, 5.41) is 13.5. The molecule has 1 aliphatic heterocycles. The Bertz CT molecular complexity index is 58.4. The highest BCUT2D eigenvalue weighted by Gasteiger charge is 1.92. The fourth-order valence-corrected chi connectivity index (χ4v) is 1.78. The molecular weight excluding hydrogens is 171 g/mol. The van der Waals surface area contributed by atoms with Crippen LogP contribution < -0.4 is 21.0 Å². The number of hydrogen-bond acceptors (Lipinski definition) is 4. The van der Waals surface area contributed by atoms with Crippen molar-refractivity contribution in [3.05, 3.63) is 0 Å². The second-order valence-corrected chi connectivity index (χ2v) is 3.84. The molecule has 0 aromatic rings. The Hall–Kier alpha value is 0.270. The Morgan fingerprint density at radius 3 is 2.00 bits per heavy atom. The molecule has 1 heterocycles. The van der Waals surface area contributed by atoms with Crippen LogP contribution in [0.1, 0.15) is 0 Å². The Morgan fingerprint density at radius 1 is 0.667 bits per heavy atom. The van der Waals surface area contributed by atoms with E-state index in [0.29, 0.717) is 0 Å². The van der Waals surface area contributed by atoms with Crippen LogP contribution in [0.15, 0.2) is 0 Å². The van der Waals surface area contributed by atoms with Gasteiger partial charge in [-0.25, -0.2) is 0 Å². The molecular formula is C7H19N4P. The highest BCUT2D eigenvalue weighted by molar-refractivity contribution is 7.35. The Labute approximate surface area is 76.1 Å². The summed E-state index contributed by atoms with van der Waals surface area (Å²) >= 11 is 0. The van der Waals surface area contributed by atoms with Gasteiger partial charge in [-0.05, 0) is 8.73 Å². The molecule has 1 aliphatic rings. The number of rotatable bonds is 0. The van der Waals surface area contributed by atoms with Gasteiger partial charge >= 0.3 is 0 Å². The van der Waals surface area contributed by atoms with Crippen molar-refractivity contribution in [3.8, 4) is 0 Å². The summed E-state index contributed by atoms with van der Waals surface area (Å²) in [5.74, 6) is 0. The molecule has 0 bridgehead atoms. The zero-order valence-corrected chi connectivity index (χ0v) is 8.45. The maximum atomic E-state index is 3.39. The zero-order valence-electron chi connectivity index (χ0n) is 7.45. The molecule has 5 heteroatoms. The average molecular weight is 190 g/mol. The van der Waals surface area contributed by atoms with Crippen LogP contribution >= 0.6 is 8.73 Å². The molecule has 0 aliphatic carbocycles. The standard InChI is InChI=1S/C7H19N4P/c1-2-9-5-6-11-12-7-10-4-3-8-1/h8-12H,1-7H2. The molecule has 72 valence electrons. The van der Waals surface area contributed by atoms with E-state index >= 15 is 0 Å². The van der Waals surface area contributed by atoms with Gasteiger partial charge in [-0.15, -0.1) is 0 Å². The molecule has 1 fully saturated rings. The van der Waals surface area contributed by atoms with Crippen molar-refractivity contribution in [3.63, 3.8) is 0 Å². The van der Waals surface area contributed by atoms with E-state index in [1.807, 2.05) is 0 Å². The Kier molecular flexibility index (Phi) is 6.81. The fraction of sp³-hybridized carbons (Fsp3) is 1.00. The summed E-state index contributed by atoms with van der Waals surface area (Å²) in [7, 11) is 0.849. The quantitative estimate of drug-likeness (QED) is 0.367. The lowest BCUT2D eigenvalue weighted by Gasteiger charge is -2.11. The molecule has 1 rings (SSSR count). The van der Waals surface area contributed by atoms with Gasteiger partial charge in [-0.3, -0.25) is 5.09 Å². The van der Waals surface area contributed by atoms with Crippen LogP contribution in [0.2, 0.25) is 0 Å². The van der Waals surface area contributed by atoms with Crippen molar-refractivity contribution in [2.45, 2.75) is 0 Å². The predicted molar refractivity (Wildman–Crippen MR) is 54.9 cm³/mol. The molecule has 4 nitrogen and oxygen atoms in total. The van der Waals surface area contributed by atoms with Gasteiger partial charge in [-0.2, -0.15) is 0 Å². The summed E-state index contributed by atoms with van der Waals surface area (Å²) in [6, 6.07) is 0. The van der Waals surface area contributed by atoms with Crippen LogP contribution in [0, 0.1) is 0 Å². The SMILES string of the molecule is C1CNCCNPCNCCN1. The highest BCUT2D eigenvalue weighted by Crippen LogP contribution is 1.96. The summed E-state index contributed by atoms with van der Waals surface area (Å²) in [6.45, 7) is 6.46. The minimum atomic E-state index is 0.849. The lowest BCUT2D eigenvalue weighted by Crippen LogP contribution is -2.35. The van der Waals surface area contributed by atoms with Gasteiger partial charge in [0.05, 0.1) is 0 Å². The van der Waals surface area contributed by atoms with E-state index in [0.717, 1.165) is 54.3 Å². The van der Waals surface area contributed by atoms with Gasteiger partial charge in [0.15, 0.2) is 0 Å². The van der Waals surface area contributed by atoms with E-state index < -0.39 is 0 Å². The van der Waals surface area contributed by atoms with E-state index in [-0.39, 0.29) is 0 Å². The molecule has 1 saturated heterocycles. The van der Waals surface area contributed by atoms with E-state index in [1.165, 1.54) is 0 Å². The maximum absolute atomic E-state index is 3.39. The van der Waals surface area contributed by atoms with E-state index in [1.54, 1.807) is 0 Å². The van der Waals surface area contributed by atoms with Crippen molar-refractivity contribution >= 4 is 8.73 Å². The van der Waals surface area contributed by atoms with Crippen LogP contribution in [0.5, 0.6) is 0 Å². The molecule has 0 saturated carbocycles. The van der Waals surface area contributed by atoms with Crippen LogP contribution in [0.4, 0.5) is 0 Å². The monoisotopic (exact) mass is 190 g/mol. The second-order valence-electron chi connectivity index (χ2n) is 2.78. The predicted octanol–water partition coefficient (Wildman–Crippen LogP) is -1.09. The third kappa shape index (κ3) is 5.86. The summed E-state index contributed by atoms with van der Waals surface area (Å²) in [4.78, 5) is 0. The molecule has 12 heavy (non-hydrogen) atoms. The van der Waals surface area contributed by atoms with Gasteiger partial charge < -0.3 is 16.0 Å². The first kappa shape index (κ1) is 10.4. The Balaban J connectivity index is 2.00. The zero-order chi connectivity index (χ0) is 8.49. The first-order valence-corrected chi connectivity index (χ1v) is 5.79. The molecule has 0 radical (unpaired) electrons. The van der Waals surface area contributed by atoms with Crippen molar-refractivity contribution in [1.82, 2.24) is 21.0 Å². The molecule has 0 spiro atoms. The van der Waals surface area contributed by atoms with Crippen molar-refractivity contribution in [2.75, 3.05) is 45.6 Å². The average Bonchev–Trinajstić information content (AvgIpc) is 2.05. The van der Waals surface area contributed by atoms with E-state index in [9.17, 15) is 0 Å². The third-order valence-electron chi connectivity index (χ3n) is 1.72. The fourth-order valence-electron chi connectivity index (χ4n) is 1.06. The van der Waals surface area contributed by atoms with Crippen molar-refractivity contribution in [2.24, 2.45) is 0 Å². The van der Waals surface area contributed by atoms with Crippen molar-refractivity contribution in [1.29, 1.82) is 0 Å². The van der Waals surface area contributed by atoms with E-state index in [4.69, 9.17) is 0 Å². The Morgan fingerprint density at radius 2 is 1.25 bits per heavy atom. The minimum Gasteiger partial charge on any atom is -0.314 e. The molecule has 0 amide bonds. The normalized spacial score (nSPS) is 26.0. The first-order valence-electron chi connectivity index (χ1n) is 4.58. The van der Waals surface area contributed by atoms with Crippen LogP contribution in [-0.2, 0) is 0 Å². The summed E-state index contributed by atoms with van der Waals surface area (Å²) < 4.78 is 0. The molecule has 1 unspecified atom stereocenters. The van der Waals surface area contributed by atoms with Gasteiger partial charge in [0, 0.05) is 45.6 Å². The second kappa shape index (κ2) is 7.90. The van der Waals surface area contributed by atoms with Gasteiger partial charge in [0.1, 0.15) is 0 Å². The van der Waals surface area contributed by atoms with Crippen LogP contribution in [0.3, 0.4) is 0 Å². The highest BCUT2D eigenvalue weighted by atomic mass is 31.1.